The SMILES string of the molecule is CCOC(=O)Cc1csc(NC(=O)C(Sc2ccc(NS(=O)(=O)c3ccccc3)cc2)c2ccccc2)n1. The van der Waals surface area contributed by atoms with Crippen LogP contribution in [0, 0.1) is 0 Å². The van der Waals surface area contributed by atoms with Crippen LogP contribution in [-0.4, -0.2) is 31.9 Å². The number of nitrogens with zero attached hydrogens (tertiary/aromatic N) is 1. The fourth-order valence-electron chi connectivity index (χ4n) is 3.43. The number of rotatable bonds is 11. The highest BCUT2D eigenvalue weighted by Gasteiger charge is 2.23. The van der Waals surface area contributed by atoms with Gasteiger partial charge in [0, 0.05) is 16.0 Å². The Bertz CT molecular complexity index is 1480. The maximum Gasteiger partial charge on any atom is 0.311 e. The molecule has 0 spiro atoms. The number of carbonyl (C=O) groups is 2. The lowest BCUT2D eigenvalue weighted by Crippen LogP contribution is -2.19. The van der Waals surface area contributed by atoms with Crippen LogP contribution in [-0.2, 0) is 30.8 Å². The maximum atomic E-state index is 13.3. The van der Waals surface area contributed by atoms with Gasteiger partial charge >= 0.3 is 5.97 Å². The van der Waals surface area contributed by atoms with Crippen molar-refractivity contribution in [1.29, 1.82) is 0 Å². The molecule has 1 amide bonds. The van der Waals surface area contributed by atoms with E-state index >= 15 is 0 Å². The van der Waals surface area contributed by atoms with E-state index in [1.807, 2.05) is 30.3 Å². The Balaban J connectivity index is 1.47. The van der Waals surface area contributed by atoms with Crippen LogP contribution in [0.25, 0.3) is 0 Å². The van der Waals surface area contributed by atoms with E-state index in [1.165, 1.54) is 35.2 Å². The Morgan fingerprint density at radius 1 is 0.974 bits per heavy atom. The minimum absolute atomic E-state index is 0.0391. The first-order valence-electron chi connectivity index (χ1n) is 11.6. The summed E-state index contributed by atoms with van der Waals surface area (Å²) in [6.07, 6.45) is 0.0391. The van der Waals surface area contributed by atoms with E-state index in [1.54, 1.807) is 54.8 Å². The third-order valence-electron chi connectivity index (χ3n) is 5.17. The molecule has 0 saturated heterocycles. The van der Waals surface area contributed by atoms with Crippen molar-refractivity contribution in [3.8, 4) is 0 Å². The van der Waals surface area contributed by atoms with E-state index in [9.17, 15) is 18.0 Å². The van der Waals surface area contributed by atoms with Crippen molar-refractivity contribution in [3.63, 3.8) is 0 Å². The van der Waals surface area contributed by atoms with Crippen LogP contribution >= 0.6 is 23.1 Å². The molecule has 11 heteroatoms. The standard InChI is InChI=1S/C27H25N3O5S3/c1-2-35-24(31)17-21-18-36-27(28-21)29-26(32)25(19-9-5-3-6-10-19)37-22-15-13-20(14-16-22)30-38(33,34)23-11-7-4-8-12-23/h3-16,18,25,30H,2,17H2,1H3,(H,28,29,32). The number of anilines is 2. The fraction of sp³-hybridized carbons (Fsp3) is 0.148. The lowest BCUT2D eigenvalue weighted by molar-refractivity contribution is -0.142. The summed E-state index contributed by atoms with van der Waals surface area (Å²) in [5.41, 5.74) is 1.74. The molecule has 4 aromatic rings. The number of hydrogen-bond acceptors (Lipinski definition) is 8. The van der Waals surface area contributed by atoms with E-state index < -0.39 is 15.3 Å². The number of thiazole rings is 1. The number of hydrogen-bond donors (Lipinski definition) is 2. The molecule has 0 bridgehead atoms. The highest BCUT2D eigenvalue weighted by Crippen LogP contribution is 2.37. The molecule has 1 atom stereocenters. The summed E-state index contributed by atoms with van der Waals surface area (Å²) >= 11 is 2.57. The average molecular weight is 568 g/mol. The van der Waals surface area contributed by atoms with Crippen LogP contribution in [0.4, 0.5) is 10.8 Å². The Morgan fingerprint density at radius 2 is 1.63 bits per heavy atom. The van der Waals surface area contributed by atoms with Crippen molar-refractivity contribution in [2.24, 2.45) is 0 Å². The molecule has 2 N–H and O–H groups in total. The Kier molecular flexibility index (Phi) is 9.16. The second kappa shape index (κ2) is 12.7. The minimum atomic E-state index is -3.70. The minimum Gasteiger partial charge on any atom is -0.466 e. The van der Waals surface area contributed by atoms with Gasteiger partial charge in [-0.25, -0.2) is 13.4 Å². The molecule has 3 aromatic carbocycles. The van der Waals surface area contributed by atoms with Gasteiger partial charge in [0.15, 0.2) is 5.13 Å². The molecule has 4 rings (SSSR count). The molecule has 0 fully saturated rings. The molecule has 1 aromatic heterocycles. The zero-order chi connectivity index (χ0) is 27.0. The zero-order valence-electron chi connectivity index (χ0n) is 20.4. The molecule has 8 nitrogen and oxygen atoms in total. The van der Waals surface area contributed by atoms with E-state index in [0.717, 1.165) is 10.5 Å². The van der Waals surface area contributed by atoms with Crippen molar-refractivity contribution >= 4 is 55.8 Å². The van der Waals surface area contributed by atoms with Crippen LogP contribution in [0.3, 0.4) is 0 Å². The van der Waals surface area contributed by atoms with Gasteiger partial charge in [-0.15, -0.1) is 23.1 Å². The lowest BCUT2D eigenvalue weighted by Gasteiger charge is -2.16. The molecule has 196 valence electrons. The first-order valence-corrected chi connectivity index (χ1v) is 14.9. The van der Waals surface area contributed by atoms with Gasteiger partial charge in [0.25, 0.3) is 10.0 Å². The van der Waals surface area contributed by atoms with Crippen molar-refractivity contribution in [2.45, 2.75) is 28.4 Å². The van der Waals surface area contributed by atoms with E-state index in [4.69, 9.17) is 4.74 Å². The number of sulfonamides is 1. The summed E-state index contributed by atoms with van der Waals surface area (Å²) in [4.78, 5) is 30.3. The monoisotopic (exact) mass is 567 g/mol. The number of carbonyl (C=O) groups excluding carboxylic acids is 2. The van der Waals surface area contributed by atoms with Gasteiger partial charge in [0.05, 0.1) is 23.6 Å². The zero-order valence-corrected chi connectivity index (χ0v) is 22.8. The molecule has 38 heavy (non-hydrogen) atoms. The maximum absolute atomic E-state index is 13.3. The Hall–Kier alpha value is -3.67. The van der Waals surface area contributed by atoms with E-state index in [2.05, 4.69) is 15.0 Å². The topological polar surface area (TPSA) is 114 Å². The van der Waals surface area contributed by atoms with Crippen LogP contribution < -0.4 is 10.0 Å². The Labute approximate surface area is 229 Å². The third-order valence-corrected chi connectivity index (χ3v) is 8.64. The number of thioether (sulfide) groups is 1. The highest BCUT2D eigenvalue weighted by molar-refractivity contribution is 8.00. The molecule has 0 aliphatic rings. The van der Waals surface area contributed by atoms with Crippen molar-refractivity contribution in [1.82, 2.24) is 4.98 Å². The molecular formula is C27H25N3O5S3. The number of nitrogens with one attached hydrogen (secondary N) is 2. The molecule has 0 aliphatic heterocycles. The quantitative estimate of drug-likeness (QED) is 0.181. The number of benzene rings is 3. The normalized spacial score (nSPS) is 11.9. The van der Waals surface area contributed by atoms with Gasteiger partial charge in [0.2, 0.25) is 5.91 Å². The van der Waals surface area contributed by atoms with Gasteiger partial charge in [-0.2, -0.15) is 0 Å². The predicted molar refractivity (Wildman–Crippen MR) is 150 cm³/mol. The van der Waals surface area contributed by atoms with Gasteiger partial charge in [-0.1, -0.05) is 48.5 Å². The fourth-order valence-corrected chi connectivity index (χ4v) is 6.25. The second-order valence-electron chi connectivity index (χ2n) is 7.97. The van der Waals surface area contributed by atoms with Gasteiger partial charge in [-0.3, -0.25) is 14.3 Å². The highest BCUT2D eigenvalue weighted by atomic mass is 32.2. The predicted octanol–water partition coefficient (Wildman–Crippen LogP) is 5.52. The van der Waals surface area contributed by atoms with Gasteiger partial charge in [-0.05, 0) is 48.9 Å². The van der Waals surface area contributed by atoms with Crippen LogP contribution in [0.15, 0.2) is 100 Å². The summed E-state index contributed by atoms with van der Waals surface area (Å²) in [6.45, 7) is 2.03. The largest absolute Gasteiger partial charge is 0.466 e. The summed E-state index contributed by atoms with van der Waals surface area (Å²) < 4.78 is 32.7. The molecular weight excluding hydrogens is 543 g/mol. The number of amides is 1. The smallest absolute Gasteiger partial charge is 0.311 e. The molecule has 1 heterocycles. The lowest BCUT2D eigenvalue weighted by atomic mass is 10.1. The first kappa shape index (κ1) is 27.4. The first-order chi connectivity index (χ1) is 18.3. The second-order valence-corrected chi connectivity index (χ2v) is 11.7. The number of esters is 1. The van der Waals surface area contributed by atoms with Crippen molar-refractivity contribution in [2.75, 3.05) is 16.6 Å². The molecule has 1 unspecified atom stereocenters. The third kappa shape index (κ3) is 7.44. The van der Waals surface area contributed by atoms with Gasteiger partial charge < -0.3 is 10.1 Å². The van der Waals surface area contributed by atoms with Crippen molar-refractivity contribution < 1.29 is 22.7 Å². The molecule has 0 saturated carbocycles. The molecule has 0 radical (unpaired) electrons. The van der Waals surface area contributed by atoms with Crippen LogP contribution in [0.2, 0.25) is 0 Å². The van der Waals surface area contributed by atoms with Crippen molar-refractivity contribution in [3.05, 3.63) is 102 Å². The van der Waals surface area contributed by atoms with Crippen LogP contribution in [0.1, 0.15) is 23.4 Å². The Morgan fingerprint density at radius 3 is 2.29 bits per heavy atom. The summed E-state index contributed by atoms with van der Waals surface area (Å²) in [5.74, 6) is -0.644. The number of ether oxygens (including phenoxy) is 1. The average Bonchev–Trinajstić information content (AvgIpc) is 3.35. The van der Waals surface area contributed by atoms with E-state index in [0.29, 0.717) is 23.1 Å². The summed E-state index contributed by atoms with van der Waals surface area (Å²) in [7, 11) is -3.70. The molecule has 0 aliphatic carbocycles. The van der Waals surface area contributed by atoms with Crippen LogP contribution in [0.5, 0.6) is 0 Å². The summed E-state index contributed by atoms with van der Waals surface area (Å²) in [5, 5.41) is 4.36. The number of aromatic nitrogens is 1. The van der Waals surface area contributed by atoms with Gasteiger partial charge in [0.1, 0.15) is 5.25 Å². The van der Waals surface area contributed by atoms with E-state index in [-0.39, 0.29) is 23.2 Å². The summed E-state index contributed by atoms with van der Waals surface area (Å²) in [6, 6.07) is 24.3.